The summed E-state index contributed by atoms with van der Waals surface area (Å²) in [5.41, 5.74) is 8.88. The number of carbonyl (C=O) groups excluding carboxylic acids is 1. The van der Waals surface area contributed by atoms with Gasteiger partial charge in [-0.25, -0.2) is 9.97 Å². The lowest BCUT2D eigenvalue weighted by Gasteiger charge is -2.28. The van der Waals surface area contributed by atoms with E-state index in [4.69, 9.17) is 15.7 Å². The molecule has 8 heteroatoms. The van der Waals surface area contributed by atoms with E-state index in [2.05, 4.69) is 33.8 Å². The summed E-state index contributed by atoms with van der Waals surface area (Å²) in [6.07, 6.45) is 2.00. The van der Waals surface area contributed by atoms with Crippen LogP contribution in [0.4, 0.5) is 11.6 Å². The fraction of sp³-hybridized carbons (Fsp3) is 0.217. The largest absolute Gasteiger partial charge is 0.366 e. The normalized spacial score (nSPS) is 13.3. The van der Waals surface area contributed by atoms with Gasteiger partial charge >= 0.3 is 0 Å². The topological polar surface area (TPSA) is 97.0 Å². The summed E-state index contributed by atoms with van der Waals surface area (Å²) in [6, 6.07) is 15.7. The Balaban J connectivity index is 1.61. The van der Waals surface area contributed by atoms with Crippen LogP contribution in [-0.4, -0.2) is 33.8 Å². The number of fused-ring (bicyclic) bond motifs is 2. The van der Waals surface area contributed by atoms with E-state index in [0.717, 1.165) is 46.8 Å². The molecule has 1 aliphatic heterocycles. The molecule has 7 nitrogen and oxygen atoms in total. The molecule has 0 bridgehead atoms. The minimum absolute atomic E-state index is 0.414. The summed E-state index contributed by atoms with van der Waals surface area (Å²) in [4.78, 5) is 24.6. The van der Waals surface area contributed by atoms with Crippen LogP contribution in [-0.2, 0) is 13.0 Å². The van der Waals surface area contributed by atoms with Crippen LogP contribution in [0, 0.1) is 0 Å². The van der Waals surface area contributed by atoms with E-state index in [1.165, 1.54) is 17.1 Å². The van der Waals surface area contributed by atoms with E-state index in [1.54, 1.807) is 6.07 Å². The van der Waals surface area contributed by atoms with Gasteiger partial charge in [-0.05, 0) is 36.0 Å². The fourth-order valence-corrected chi connectivity index (χ4v) is 4.79. The summed E-state index contributed by atoms with van der Waals surface area (Å²) in [5.74, 6) is 1.92. The van der Waals surface area contributed by atoms with Crippen LogP contribution >= 0.6 is 11.5 Å². The summed E-state index contributed by atoms with van der Waals surface area (Å²) in [7, 11) is 2.06. The van der Waals surface area contributed by atoms with Crippen molar-refractivity contribution >= 4 is 40.0 Å². The lowest BCUT2D eigenvalue weighted by molar-refractivity contribution is 0.100. The molecule has 1 amide bonds. The molecule has 2 aromatic heterocycles. The molecule has 0 radical (unpaired) electrons. The van der Waals surface area contributed by atoms with Crippen molar-refractivity contribution < 1.29 is 4.79 Å². The Morgan fingerprint density at radius 2 is 2.00 bits per heavy atom. The van der Waals surface area contributed by atoms with Crippen molar-refractivity contribution in [3.8, 4) is 10.7 Å². The van der Waals surface area contributed by atoms with Gasteiger partial charge in [-0.3, -0.25) is 4.79 Å². The average molecular weight is 431 g/mol. The molecule has 0 fully saturated rings. The number of nitrogens with two attached hydrogens (primary N) is 1. The fourth-order valence-electron chi connectivity index (χ4n) is 3.97. The van der Waals surface area contributed by atoms with E-state index in [0.29, 0.717) is 23.4 Å². The molecule has 0 saturated heterocycles. The second-order valence-corrected chi connectivity index (χ2v) is 8.41. The smallest absolute Gasteiger partial charge is 0.250 e. The molecule has 2 aromatic carbocycles. The van der Waals surface area contributed by atoms with E-state index < -0.39 is 5.91 Å². The van der Waals surface area contributed by atoms with Crippen molar-refractivity contribution in [1.29, 1.82) is 0 Å². The monoisotopic (exact) mass is 430 g/mol. The molecule has 31 heavy (non-hydrogen) atoms. The van der Waals surface area contributed by atoms with Crippen LogP contribution in [0.15, 0.2) is 48.5 Å². The highest BCUT2D eigenvalue weighted by molar-refractivity contribution is 7.11. The first-order valence-electron chi connectivity index (χ1n) is 10.2. The first kappa shape index (κ1) is 19.4. The third-order valence-electron chi connectivity index (χ3n) is 5.55. The number of nitrogens with zero attached hydrogens (tertiary/aromatic N) is 4. The second kappa shape index (κ2) is 7.96. The molecule has 3 heterocycles. The Labute approximate surface area is 184 Å². The number of benzene rings is 2. The molecule has 0 aliphatic carbocycles. The number of carbonyl (C=O) groups is 1. The standard InChI is InChI=1S/C23H22N6OS/c1-29-12-6-11-17-21(25-13-14-7-3-2-4-8-14)26-22(27-23(17)29)19-15-9-5-10-16(20(24)30)18(15)28-31-19/h2-5,7-10H,6,11-13H2,1H3,(H2,24,30)(H,25,26,27). The number of hydrogen-bond acceptors (Lipinski definition) is 7. The number of aromatic nitrogens is 3. The van der Waals surface area contributed by atoms with Crippen molar-refractivity contribution in [2.75, 3.05) is 23.8 Å². The molecular formula is C23H22N6OS. The van der Waals surface area contributed by atoms with Crippen molar-refractivity contribution in [2.24, 2.45) is 5.73 Å². The number of amides is 1. The third-order valence-corrected chi connectivity index (χ3v) is 6.41. The Morgan fingerprint density at radius 1 is 1.16 bits per heavy atom. The Hall–Kier alpha value is -3.52. The van der Waals surface area contributed by atoms with E-state index in [1.807, 2.05) is 30.3 Å². The molecular weight excluding hydrogens is 408 g/mol. The average Bonchev–Trinajstić information content (AvgIpc) is 3.22. The molecule has 3 N–H and O–H groups in total. The Bertz CT molecular complexity index is 1270. The lowest BCUT2D eigenvalue weighted by Crippen LogP contribution is -2.27. The van der Waals surface area contributed by atoms with Gasteiger partial charge in [0.15, 0.2) is 5.82 Å². The molecule has 0 atom stereocenters. The van der Waals surface area contributed by atoms with Crippen molar-refractivity contribution in [2.45, 2.75) is 19.4 Å². The highest BCUT2D eigenvalue weighted by atomic mass is 32.1. The van der Waals surface area contributed by atoms with Gasteiger partial charge in [-0.15, -0.1) is 0 Å². The number of nitrogens with one attached hydrogen (secondary N) is 1. The van der Waals surface area contributed by atoms with E-state index >= 15 is 0 Å². The molecule has 0 saturated carbocycles. The Kier molecular flexibility index (Phi) is 4.99. The van der Waals surface area contributed by atoms with Gasteiger partial charge in [0.2, 0.25) is 0 Å². The number of anilines is 2. The highest BCUT2D eigenvalue weighted by Gasteiger charge is 2.24. The third kappa shape index (κ3) is 3.59. The first-order chi connectivity index (χ1) is 15.1. The minimum atomic E-state index is -0.487. The lowest BCUT2D eigenvalue weighted by atomic mass is 10.1. The van der Waals surface area contributed by atoms with Crippen LogP contribution in [0.25, 0.3) is 21.6 Å². The zero-order valence-corrected chi connectivity index (χ0v) is 17.9. The van der Waals surface area contributed by atoms with Crippen LogP contribution < -0.4 is 16.0 Å². The molecule has 0 spiro atoms. The van der Waals surface area contributed by atoms with Crippen molar-refractivity contribution in [1.82, 2.24) is 14.3 Å². The van der Waals surface area contributed by atoms with E-state index in [9.17, 15) is 4.79 Å². The predicted octanol–water partition coefficient (Wildman–Crippen LogP) is 3.85. The van der Waals surface area contributed by atoms with Gasteiger partial charge in [0.1, 0.15) is 16.5 Å². The maximum absolute atomic E-state index is 11.8. The second-order valence-electron chi connectivity index (χ2n) is 7.64. The molecule has 5 rings (SSSR count). The van der Waals surface area contributed by atoms with Crippen LogP contribution in [0.1, 0.15) is 27.9 Å². The number of hydrogen-bond donors (Lipinski definition) is 2. The summed E-state index contributed by atoms with van der Waals surface area (Å²) in [5, 5.41) is 4.36. The summed E-state index contributed by atoms with van der Waals surface area (Å²) < 4.78 is 4.50. The van der Waals surface area contributed by atoms with Gasteiger partial charge in [0.25, 0.3) is 5.91 Å². The number of primary amides is 1. The molecule has 1 aliphatic rings. The minimum Gasteiger partial charge on any atom is -0.366 e. The van der Waals surface area contributed by atoms with Gasteiger partial charge in [-0.1, -0.05) is 42.5 Å². The zero-order valence-electron chi connectivity index (χ0n) is 17.1. The van der Waals surface area contributed by atoms with Crippen molar-refractivity contribution in [3.05, 3.63) is 65.2 Å². The van der Waals surface area contributed by atoms with Crippen LogP contribution in [0.5, 0.6) is 0 Å². The van der Waals surface area contributed by atoms with Crippen LogP contribution in [0.3, 0.4) is 0 Å². The predicted molar refractivity (Wildman–Crippen MR) is 125 cm³/mol. The van der Waals surface area contributed by atoms with Gasteiger partial charge in [0, 0.05) is 31.1 Å². The van der Waals surface area contributed by atoms with Crippen molar-refractivity contribution in [3.63, 3.8) is 0 Å². The summed E-state index contributed by atoms with van der Waals surface area (Å²) >= 11 is 1.29. The SMILES string of the molecule is CN1CCCc2c(NCc3ccccc3)nc(-c3snc4c(C(N)=O)cccc34)nc21. The molecule has 156 valence electrons. The van der Waals surface area contributed by atoms with E-state index in [-0.39, 0.29) is 0 Å². The Morgan fingerprint density at radius 3 is 2.81 bits per heavy atom. The maximum Gasteiger partial charge on any atom is 0.250 e. The van der Waals surface area contributed by atoms with Gasteiger partial charge in [0.05, 0.1) is 11.1 Å². The number of rotatable bonds is 5. The first-order valence-corrected chi connectivity index (χ1v) is 11.0. The quantitative estimate of drug-likeness (QED) is 0.499. The summed E-state index contributed by atoms with van der Waals surface area (Å²) in [6.45, 7) is 1.64. The van der Waals surface area contributed by atoms with Crippen LogP contribution in [0.2, 0.25) is 0 Å². The molecule has 0 unspecified atom stereocenters. The highest BCUT2D eigenvalue weighted by Crippen LogP contribution is 2.37. The van der Waals surface area contributed by atoms with Gasteiger partial charge < -0.3 is 16.0 Å². The molecule has 4 aromatic rings. The zero-order chi connectivity index (χ0) is 21.4. The van der Waals surface area contributed by atoms with Gasteiger partial charge in [-0.2, -0.15) is 4.37 Å². The maximum atomic E-state index is 11.8.